The lowest BCUT2D eigenvalue weighted by Gasteiger charge is -2.51. The molecule has 0 radical (unpaired) electrons. The summed E-state index contributed by atoms with van der Waals surface area (Å²) in [6.07, 6.45) is -4.52. The number of thioether (sulfide) groups is 1. The second-order valence-corrected chi connectivity index (χ2v) is 15.0. The van der Waals surface area contributed by atoms with Gasteiger partial charge >= 0.3 is 6.09 Å². The van der Waals surface area contributed by atoms with E-state index in [1.54, 1.807) is 0 Å². The summed E-state index contributed by atoms with van der Waals surface area (Å²) in [5.41, 5.74) is 0.170. The normalized spacial score (nSPS) is 35.8. The van der Waals surface area contributed by atoms with Crippen molar-refractivity contribution in [3.63, 3.8) is 0 Å². The van der Waals surface area contributed by atoms with E-state index in [0.717, 1.165) is 10.5 Å². The molecule has 3 saturated heterocycles. The molecule has 2 aromatic carbocycles. The molecule has 5 rings (SSSR count). The van der Waals surface area contributed by atoms with Gasteiger partial charge in [0.1, 0.15) is 30.4 Å². The number of hydrogen-bond acceptors (Lipinski definition) is 9. The van der Waals surface area contributed by atoms with Crippen molar-refractivity contribution in [2.75, 3.05) is 13.2 Å². The Labute approximate surface area is 277 Å². The molecule has 44 heavy (non-hydrogen) atoms. The number of hydrogen-bond donors (Lipinski definition) is 2. The Kier molecular flexibility index (Phi) is 11.7. The molecule has 0 aromatic heterocycles. The minimum Gasteiger partial charge on any atom is -0.445 e. The third-order valence-electron chi connectivity index (χ3n) is 8.15. The fourth-order valence-electron chi connectivity index (χ4n) is 5.78. The first-order valence-electron chi connectivity index (χ1n) is 14.7. The first-order valence-corrected chi connectivity index (χ1v) is 16.7. The summed E-state index contributed by atoms with van der Waals surface area (Å²) in [6.45, 7) is 5.63. The van der Waals surface area contributed by atoms with E-state index in [2.05, 4.69) is 5.32 Å². The highest BCUT2D eigenvalue weighted by molar-refractivity contribution is 7.99. The quantitative estimate of drug-likeness (QED) is 0.312. The highest BCUT2D eigenvalue weighted by atomic mass is 35.6. The average Bonchev–Trinajstić information content (AvgIpc) is 3.02. The molecule has 0 spiro atoms. The zero-order valence-corrected chi connectivity index (χ0v) is 27.7. The molecule has 3 aliphatic rings. The van der Waals surface area contributed by atoms with Gasteiger partial charge in [-0.15, -0.1) is 0 Å². The van der Waals surface area contributed by atoms with Gasteiger partial charge in [0, 0.05) is 22.3 Å². The number of halogens is 3. The third-order valence-corrected chi connectivity index (χ3v) is 9.66. The van der Waals surface area contributed by atoms with E-state index in [1.165, 1.54) is 11.8 Å². The molecule has 3 aliphatic heterocycles. The second kappa shape index (κ2) is 15.1. The predicted molar refractivity (Wildman–Crippen MR) is 168 cm³/mol. The van der Waals surface area contributed by atoms with Crippen LogP contribution < -0.4 is 5.32 Å². The van der Waals surface area contributed by atoms with E-state index in [-0.39, 0.29) is 24.5 Å². The summed E-state index contributed by atoms with van der Waals surface area (Å²) in [5, 5.41) is 14.0. The molecular formula is C31H38Cl3NO8S. The van der Waals surface area contributed by atoms with Crippen LogP contribution in [-0.2, 0) is 28.4 Å². The van der Waals surface area contributed by atoms with Gasteiger partial charge < -0.3 is 38.8 Å². The number of amides is 1. The van der Waals surface area contributed by atoms with Crippen LogP contribution in [0.3, 0.4) is 0 Å². The van der Waals surface area contributed by atoms with Crippen molar-refractivity contribution in [1.82, 2.24) is 5.32 Å². The zero-order chi connectivity index (χ0) is 31.4. The van der Waals surface area contributed by atoms with Gasteiger partial charge in [0.15, 0.2) is 12.6 Å². The lowest BCUT2D eigenvalue weighted by Crippen LogP contribution is -2.67. The molecule has 11 atom stereocenters. The van der Waals surface area contributed by atoms with Gasteiger partial charge in [-0.05, 0) is 18.6 Å². The Hall–Kier alpha value is -1.31. The van der Waals surface area contributed by atoms with E-state index in [1.807, 2.05) is 81.4 Å². The molecule has 2 N–H and O–H groups in total. The van der Waals surface area contributed by atoms with Gasteiger partial charge in [0.2, 0.25) is 3.79 Å². The molecule has 5 unspecified atom stereocenters. The van der Waals surface area contributed by atoms with E-state index in [9.17, 15) is 9.90 Å². The molecule has 9 nitrogen and oxygen atoms in total. The Bertz CT molecular complexity index is 1210. The minimum atomic E-state index is -1.79. The van der Waals surface area contributed by atoms with Crippen molar-refractivity contribution in [3.8, 4) is 0 Å². The van der Waals surface area contributed by atoms with E-state index < -0.39 is 65.0 Å². The summed E-state index contributed by atoms with van der Waals surface area (Å²) in [4.78, 5) is 14.0. The number of nitrogens with one attached hydrogen (secondary N) is 1. The van der Waals surface area contributed by atoms with Gasteiger partial charge in [0.25, 0.3) is 0 Å². The van der Waals surface area contributed by atoms with E-state index >= 15 is 0 Å². The molecule has 3 fully saturated rings. The van der Waals surface area contributed by atoms with Crippen LogP contribution in [0.25, 0.3) is 0 Å². The molecule has 0 bridgehead atoms. The maximum Gasteiger partial charge on any atom is 0.407 e. The number of ether oxygens (including phenoxy) is 6. The monoisotopic (exact) mass is 689 g/mol. The smallest absolute Gasteiger partial charge is 0.407 e. The molecular weight excluding hydrogens is 653 g/mol. The second-order valence-electron chi connectivity index (χ2n) is 11.3. The van der Waals surface area contributed by atoms with Gasteiger partial charge in [0.05, 0.1) is 24.9 Å². The molecule has 3 heterocycles. The zero-order valence-electron chi connectivity index (χ0n) is 24.6. The Morgan fingerprint density at radius 3 is 2.36 bits per heavy atom. The average molecular weight is 691 g/mol. The molecule has 0 saturated carbocycles. The van der Waals surface area contributed by atoms with Crippen molar-refractivity contribution in [3.05, 3.63) is 66.2 Å². The van der Waals surface area contributed by atoms with Crippen LogP contribution in [0.4, 0.5) is 4.79 Å². The number of alkyl carbamates (subject to hydrolysis) is 1. The topological polar surface area (TPSA) is 105 Å². The molecule has 1 amide bonds. The summed E-state index contributed by atoms with van der Waals surface area (Å²) >= 11 is 18.9. The Balaban J connectivity index is 1.48. The van der Waals surface area contributed by atoms with Crippen LogP contribution >= 0.6 is 46.6 Å². The van der Waals surface area contributed by atoms with Crippen LogP contribution in [0.15, 0.2) is 65.6 Å². The van der Waals surface area contributed by atoms with Crippen molar-refractivity contribution >= 4 is 52.7 Å². The molecule has 2 aromatic rings. The number of fused-ring (bicyclic) bond motifs is 1. The minimum absolute atomic E-state index is 0.0775. The Morgan fingerprint density at radius 2 is 1.70 bits per heavy atom. The summed E-state index contributed by atoms with van der Waals surface area (Å²) in [6, 6.07) is 18.4. The lowest BCUT2D eigenvalue weighted by molar-refractivity contribution is -0.345. The maximum atomic E-state index is 13.1. The summed E-state index contributed by atoms with van der Waals surface area (Å²) in [5.74, 6) is -0.442. The number of carbonyl (C=O) groups excluding carboxylic acids is 1. The van der Waals surface area contributed by atoms with Gasteiger partial charge in [-0.1, -0.05) is 116 Å². The first kappa shape index (κ1) is 34.0. The van der Waals surface area contributed by atoms with Crippen LogP contribution in [-0.4, -0.2) is 76.5 Å². The van der Waals surface area contributed by atoms with Crippen LogP contribution in [0.2, 0.25) is 0 Å². The first-order chi connectivity index (χ1) is 21.0. The van der Waals surface area contributed by atoms with Gasteiger partial charge in [-0.3, -0.25) is 0 Å². The number of aliphatic hydroxyl groups is 1. The highest BCUT2D eigenvalue weighted by Crippen LogP contribution is 2.42. The third kappa shape index (κ3) is 8.34. The fraction of sp³-hybridized carbons (Fsp3) is 0.581. The summed E-state index contributed by atoms with van der Waals surface area (Å²) < 4.78 is 35.9. The number of alkyl halides is 3. The number of carbonyl (C=O) groups is 1. The standard InChI is InChI=1S/C31H38Cl3NO8S/c1-4-21-17(2)24(36)18(3)27(40-21)43-26-23(35-30(37)39-16-31(32,33)34)29(44-20-13-9-6-10-14-20)41-22-15-38-28(42-25(22)26)19-11-7-5-8-12-19/h5-14,17-18,21-29,36H,4,15-16H2,1-3H3,(H,35,37)/t17-,18?,21?,22?,23?,24+,25+,26-,27+,28?,29+/m1/s1. The van der Waals surface area contributed by atoms with Crippen molar-refractivity contribution in [1.29, 1.82) is 0 Å². The SMILES string of the molecule is CCC1O[C@@H](O[C@@H]2C(NC(=O)OCC(Cl)(Cl)Cl)[C@H](Sc3ccccc3)OC3COC(c4ccccc4)O[C@@H]32)C(C)[C@@H](O)[C@@H]1C. The van der Waals surface area contributed by atoms with Crippen LogP contribution in [0.1, 0.15) is 39.0 Å². The van der Waals surface area contributed by atoms with Crippen molar-refractivity contribution < 1.29 is 38.3 Å². The number of aliphatic hydroxyl groups excluding tert-OH is 1. The van der Waals surface area contributed by atoms with Crippen molar-refractivity contribution in [2.24, 2.45) is 11.8 Å². The number of benzene rings is 2. The lowest BCUT2D eigenvalue weighted by atomic mass is 9.84. The largest absolute Gasteiger partial charge is 0.445 e. The molecule has 0 aliphatic carbocycles. The van der Waals surface area contributed by atoms with E-state index in [4.69, 9.17) is 63.2 Å². The summed E-state index contributed by atoms with van der Waals surface area (Å²) in [7, 11) is 0. The van der Waals surface area contributed by atoms with Crippen LogP contribution in [0, 0.1) is 11.8 Å². The maximum absolute atomic E-state index is 13.1. The molecule has 13 heteroatoms. The predicted octanol–water partition coefficient (Wildman–Crippen LogP) is 6.24. The van der Waals surface area contributed by atoms with Gasteiger partial charge in [-0.25, -0.2) is 4.79 Å². The van der Waals surface area contributed by atoms with Crippen molar-refractivity contribution in [2.45, 2.75) is 90.5 Å². The van der Waals surface area contributed by atoms with Crippen LogP contribution in [0.5, 0.6) is 0 Å². The fourth-order valence-corrected chi connectivity index (χ4v) is 7.10. The van der Waals surface area contributed by atoms with E-state index in [0.29, 0.717) is 6.42 Å². The number of rotatable bonds is 8. The van der Waals surface area contributed by atoms with Gasteiger partial charge in [-0.2, -0.15) is 0 Å². The molecule has 242 valence electrons. The Morgan fingerprint density at radius 1 is 1.02 bits per heavy atom. The highest BCUT2D eigenvalue weighted by Gasteiger charge is 2.54.